The van der Waals surface area contributed by atoms with Gasteiger partial charge in [0.2, 0.25) is 0 Å². The van der Waals surface area contributed by atoms with Crippen LogP contribution in [0.3, 0.4) is 0 Å². The van der Waals surface area contributed by atoms with Crippen LogP contribution in [0.2, 0.25) is 0 Å². The van der Waals surface area contributed by atoms with Crippen molar-refractivity contribution >= 4 is 17.2 Å². The van der Waals surface area contributed by atoms with Crippen LogP contribution in [0.1, 0.15) is 34.8 Å². The molecule has 1 atom stereocenters. The number of nitrogens with zero attached hydrogens (tertiary/aromatic N) is 3. The van der Waals surface area contributed by atoms with Gasteiger partial charge in [0.1, 0.15) is 16.5 Å². The van der Waals surface area contributed by atoms with Crippen LogP contribution < -0.4 is 10.1 Å². The zero-order valence-corrected chi connectivity index (χ0v) is 15.5. The highest BCUT2D eigenvalue weighted by Gasteiger charge is 2.58. The van der Waals surface area contributed by atoms with Crippen molar-refractivity contribution in [1.82, 2.24) is 19.8 Å². The molecule has 0 unspecified atom stereocenters. The number of rotatable bonds is 5. The summed E-state index contributed by atoms with van der Waals surface area (Å²) in [4.78, 5) is 20.5. The third-order valence-electron chi connectivity index (χ3n) is 5.66. The number of hydrogen-bond donors (Lipinski definition) is 1. The van der Waals surface area contributed by atoms with E-state index in [1.165, 1.54) is 11.3 Å². The SMILES string of the molecule is COc1ccsc1C(=O)N(Cc1nccn1C)[C@@H]1CC12CCNCC2. The van der Waals surface area contributed by atoms with Crippen molar-refractivity contribution in [3.63, 3.8) is 0 Å². The molecule has 25 heavy (non-hydrogen) atoms. The van der Waals surface area contributed by atoms with Gasteiger partial charge in [0.15, 0.2) is 0 Å². The number of methoxy groups -OCH3 is 1. The van der Waals surface area contributed by atoms with Crippen molar-refractivity contribution in [3.05, 3.63) is 34.5 Å². The fourth-order valence-electron chi connectivity index (χ4n) is 4.00. The molecule has 2 aromatic rings. The van der Waals surface area contributed by atoms with E-state index in [1.807, 2.05) is 34.2 Å². The molecule has 1 spiro atoms. The summed E-state index contributed by atoms with van der Waals surface area (Å²) >= 11 is 1.45. The molecule has 134 valence electrons. The van der Waals surface area contributed by atoms with Gasteiger partial charge in [-0.3, -0.25) is 4.79 Å². The van der Waals surface area contributed by atoms with Crippen LogP contribution in [0, 0.1) is 5.41 Å². The van der Waals surface area contributed by atoms with E-state index in [4.69, 9.17) is 4.74 Å². The predicted octanol–water partition coefficient (Wildman–Crippen LogP) is 2.27. The largest absolute Gasteiger partial charge is 0.495 e. The molecule has 1 saturated carbocycles. The molecule has 1 aliphatic heterocycles. The van der Waals surface area contributed by atoms with Crippen LogP contribution >= 0.6 is 11.3 Å². The Morgan fingerprint density at radius 2 is 2.32 bits per heavy atom. The second kappa shape index (κ2) is 6.46. The number of amides is 1. The molecule has 4 rings (SSSR count). The number of ether oxygens (including phenoxy) is 1. The van der Waals surface area contributed by atoms with E-state index < -0.39 is 0 Å². The first-order valence-electron chi connectivity index (χ1n) is 8.74. The molecular weight excluding hydrogens is 336 g/mol. The lowest BCUT2D eigenvalue weighted by Crippen LogP contribution is -2.39. The molecule has 7 heteroatoms. The third-order valence-corrected chi connectivity index (χ3v) is 6.54. The maximum absolute atomic E-state index is 13.3. The summed E-state index contributed by atoms with van der Waals surface area (Å²) in [6.07, 6.45) is 7.10. The van der Waals surface area contributed by atoms with Gasteiger partial charge in [-0.25, -0.2) is 4.98 Å². The minimum absolute atomic E-state index is 0.0651. The standard InChI is InChI=1S/C18H24N4O2S/c1-21-9-8-20-15(21)12-22(14-11-18(14)4-6-19-7-5-18)17(23)16-13(24-2)3-10-25-16/h3,8-10,14,19H,4-7,11-12H2,1-2H3/t14-/m1/s1. The van der Waals surface area contributed by atoms with Gasteiger partial charge in [0.05, 0.1) is 13.7 Å². The summed E-state index contributed by atoms with van der Waals surface area (Å²) < 4.78 is 7.37. The van der Waals surface area contributed by atoms with Gasteiger partial charge in [-0.2, -0.15) is 0 Å². The first-order valence-corrected chi connectivity index (χ1v) is 9.62. The fraction of sp³-hybridized carbons (Fsp3) is 0.556. The minimum atomic E-state index is 0.0651. The average molecular weight is 360 g/mol. The molecule has 2 aromatic heterocycles. The summed E-state index contributed by atoms with van der Waals surface area (Å²) in [5.74, 6) is 1.65. The van der Waals surface area contributed by atoms with E-state index in [1.54, 1.807) is 13.3 Å². The molecule has 2 aliphatic rings. The molecular formula is C18H24N4O2S. The average Bonchev–Trinajstić information content (AvgIpc) is 3.00. The molecule has 6 nitrogen and oxygen atoms in total. The Kier molecular flexibility index (Phi) is 4.29. The Labute approximate surface area is 151 Å². The van der Waals surface area contributed by atoms with Crippen LogP contribution in [0.5, 0.6) is 5.75 Å². The molecule has 3 heterocycles. The van der Waals surface area contributed by atoms with Crippen LogP contribution in [0.4, 0.5) is 0 Å². The van der Waals surface area contributed by atoms with Gasteiger partial charge in [-0.1, -0.05) is 0 Å². The van der Waals surface area contributed by atoms with E-state index in [0.717, 1.165) is 38.2 Å². The van der Waals surface area contributed by atoms with E-state index >= 15 is 0 Å². The Balaban J connectivity index is 1.62. The number of carbonyl (C=O) groups excluding carboxylic acids is 1. The van der Waals surface area contributed by atoms with Crippen LogP contribution in [0.25, 0.3) is 0 Å². The number of hydrogen-bond acceptors (Lipinski definition) is 5. The predicted molar refractivity (Wildman–Crippen MR) is 96.9 cm³/mol. The van der Waals surface area contributed by atoms with Gasteiger partial charge in [-0.05, 0) is 49.2 Å². The van der Waals surface area contributed by atoms with E-state index in [2.05, 4.69) is 10.3 Å². The normalized spacial score (nSPS) is 21.3. The minimum Gasteiger partial charge on any atom is -0.495 e. The first-order chi connectivity index (χ1) is 12.1. The molecule has 0 radical (unpaired) electrons. The van der Waals surface area contributed by atoms with Gasteiger partial charge < -0.3 is 19.5 Å². The lowest BCUT2D eigenvalue weighted by atomic mass is 9.93. The van der Waals surface area contributed by atoms with Crippen molar-refractivity contribution in [2.75, 3.05) is 20.2 Å². The molecule has 1 saturated heterocycles. The number of aryl methyl sites for hydroxylation is 1. The monoisotopic (exact) mass is 360 g/mol. The lowest BCUT2D eigenvalue weighted by molar-refractivity contribution is 0.0687. The van der Waals surface area contributed by atoms with Crippen molar-refractivity contribution in [2.24, 2.45) is 12.5 Å². The van der Waals surface area contributed by atoms with E-state index in [0.29, 0.717) is 23.2 Å². The van der Waals surface area contributed by atoms with E-state index in [-0.39, 0.29) is 11.3 Å². The highest BCUT2D eigenvalue weighted by Crippen LogP contribution is 2.56. The van der Waals surface area contributed by atoms with Gasteiger partial charge in [0, 0.05) is 25.5 Å². The van der Waals surface area contributed by atoms with Gasteiger partial charge >= 0.3 is 0 Å². The number of aromatic nitrogens is 2. The Morgan fingerprint density at radius 3 is 3.00 bits per heavy atom. The van der Waals surface area contributed by atoms with Crippen LogP contribution in [-0.2, 0) is 13.6 Å². The lowest BCUT2D eigenvalue weighted by Gasteiger charge is -2.29. The van der Waals surface area contributed by atoms with Gasteiger partial charge in [-0.15, -0.1) is 11.3 Å². The zero-order valence-electron chi connectivity index (χ0n) is 14.7. The Morgan fingerprint density at radius 1 is 1.52 bits per heavy atom. The first kappa shape index (κ1) is 16.6. The summed E-state index contributed by atoms with van der Waals surface area (Å²) in [6, 6.07) is 2.16. The third kappa shape index (κ3) is 2.95. The second-order valence-electron chi connectivity index (χ2n) is 7.04. The molecule has 1 N–H and O–H groups in total. The summed E-state index contributed by atoms with van der Waals surface area (Å²) in [5, 5.41) is 5.35. The summed E-state index contributed by atoms with van der Waals surface area (Å²) in [7, 11) is 3.59. The Bertz CT molecular complexity index is 763. The van der Waals surface area contributed by atoms with Crippen molar-refractivity contribution in [3.8, 4) is 5.75 Å². The van der Waals surface area contributed by atoms with Crippen molar-refractivity contribution in [1.29, 1.82) is 0 Å². The highest BCUT2D eigenvalue weighted by molar-refractivity contribution is 7.12. The number of piperidine rings is 1. The topological polar surface area (TPSA) is 59.4 Å². The zero-order chi connectivity index (χ0) is 17.4. The number of nitrogens with one attached hydrogen (secondary N) is 1. The second-order valence-corrected chi connectivity index (χ2v) is 7.95. The van der Waals surface area contributed by atoms with Gasteiger partial charge in [0.25, 0.3) is 5.91 Å². The molecule has 0 bridgehead atoms. The molecule has 1 amide bonds. The Hall–Kier alpha value is -1.86. The number of imidazole rings is 1. The number of carbonyl (C=O) groups is 1. The molecule has 2 fully saturated rings. The van der Waals surface area contributed by atoms with Crippen LogP contribution in [0.15, 0.2) is 23.8 Å². The maximum Gasteiger partial charge on any atom is 0.268 e. The quantitative estimate of drug-likeness (QED) is 0.889. The maximum atomic E-state index is 13.3. The highest BCUT2D eigenvalue weighted by atomic mass is 32.1. The molecule has 0 aromatic carbocycles. The van der Waals surface area contributed by atoms with Crippen molar-refractivity contribution < 1.29 is 9.53 Å². The van der Waals surface area contributed by atoms with Crippen LogP contribution in [-0.4, -0.2) is 46.6 Å². The molecule has 1 aliphatic carbocycles. The fourth-order valence-corrected chi connectivity index (χ4v) is 4.81. The smallest absolute Gasteiger partial charge is 0.268 e. The summed E-state index contributed by atoms with van der Waals surface area (Å²) in [6.45, 7) is 2.63. The summed E-state index contributed by atoms with van der Waals surface area (Å²) in [5.41, 5.74) is 0.288. The van der Waals surface area contributed by atoms with E-state index in [9.17, 15) is 4.79 Å². The van der Waals surface area contributed by atoms with Crippen molar-refractivity contribution in [2.45, 2.75) is 31.8 Å². The number of thiophene rings is 1.